The zero-order chi connectivity index (χ0) is 17.9. The summed E-state index contributed by atoms with van der Waals surface area (Å²) in [5, 5.41) is 10.4. The van der Waals surface area contributed by atoms with Crippen molar-refractivity contribution >= 4 is 10.9 Å². The van der Waals surface area contributed by atoms with Crippen LogP contribution < -0.4 is 5.56 Å². The van der Waals surface area contributed by atoms with E-state index in [2.05, 4.69) is 12.1 Å². The monoisotopic (exact) mass is 342 g/mol. The van der Waals surface area contributed by atoms with E-state index in [9.17, 15) is 9.90 Å². The van der Waals surface area contributed by atoms with E-state index in [-0.39, 0.29) is 11.3 Å². The summed E-state index contributed by atoms with van der Waals surface area (Å²) in [7, 11) is 0. The third-order valence-corrected chi connectivity index (χ3v) is 4.41. The molecule has 1 aromatic heterocycles. The van der Waals surface area contributed by atoms with Crippen molar-refractivity contribution in [2.75, 3.05) is 0 Å². The highest BCUT2D eigenvalue weighted by Crippen LogP contribution is 2.18. The van der Waals surface area contributed by atoms with E-state index >= 15 is 0 Å². The molecule has 4 rings (SSSR count). The van der Waals surface area contributed by atoms with E-state index in [4.69, 9.17) is 4.98 Å². The first-order valence-corrected chi connectivity index (χ1v) is 8.56. The lowest BCUT2D eigenvalue weighted by Crippen LogP contribution is -2.24. The smallest absolute Gasteiger partial charge is 0.265 e. The van der Waals surface area contributed by atoms with Crippen molar-refractivity contribution in [3.05, 3.63) is 101 Å². The molecule has 0 aliphatic carbocycles. The Hall–Kier alpha value is -3.40. The zero-order valence-electron chi connectivity index (χ0n) is 14.2. The van der Waals surface area contributed by atoms with Gasteiger partial charge in [-0.25, -0.2) is 4.98 Å². The number of aryl methyl sites for hydroxylation is 2. The minimum absolute atomic E-state index is 0.121. The third kappa shape index (κ3) is 3.09. The van der Waals surface area contributed by atoms with Crippen LogP contribution in [0.1, 0.15) is 11.4 Å². The Morgan fingerprint density at radius 2 is 1.62 bits per heavy atom. The molecule has 0 bridgehead atoms. The molecule has 0 amide bonds. The van der Waals surface area contributed by atoms with Gasteiger partial charge in [0.15, 0.2) is 0 Å². The van der Waals surface area contributed by atoms with Gasteiger partial charge in [0.1, 0.15) is 11.6 Å². The fraction of sp³-hybridized carbons (Fsp3) is 0.0909. The zero-order valence-corrected chi connectivity index (χ0v) is 14.2. The highest BCUT2D eigenvalue weighted by molar-refractivity contribution is 5.77. The quantitative estimate of drug-likeness (QED) is 0.612. The second-order valence-electron chi connectivity index (χ2n) is 6.19. The molecule has 1 N–H and O–H groups in total. The number of rotatable bonds is 4. The summed E-state index contributed by atoms with van der Waals surface area (Å²) < 4.78 is 1.60. The highest BCUT2D eigenvalue weighted by atomic mass is 16.3. The van der Waals surface area contributed by atoms with Gasteiger partial charge in [-0.1, -0.05) is 48.5 Å². The largest absolute Gasteiger partial charge is 0.508 e. The Morgan fingerprint density at radius 1 is 0.846 bits per heavy atom. The summed E-state index contributed by atoms with van der Waals surface area (Å²) in [6.45, 7) is 0. The number of aromatic nitrogens is 2. The Bertz CT molecular complexity index is 1120. The Balaban J connectivity index is 1.86. The van der Waals surface area contributed by atoms with Crippen LogP contribution in [-0.2, 0) is 12.8 Å². The number of nitrogens with zero attached hydrogens (tertiary/aromatic N) is 2. The van der Waals surface area contributed by atoms with Crippen molar-refractivity contribution in [1.29, 1.82) is 0 Å². The molecule has 128 valence electrons. The lowest BCUT2D eigenvalue weighted by Gasteiger charge is -2.14. The van der Waals surface area contributed by atoms with E-state index in [1.54, 1.807) is 28.8 Å². The number of phenols is 1. The first-order chi connectivity index (χ1) is 12.7. The second kappa shape index (κ2) is 6.84. The maximum atomic E-state index is 13.1. The molecule has 0 aliphatic heterocycles. The molecule has 0 aliphatic rings. The van der Waals surface area contributed by atoms with E-state index < -0.39 is 0 Å². The van der Waals surface area contributed by atoms with Gasteiger partial charge in [-0.3, -0.25) is 9.36 Å². The molecule has 0 saturated carbocycles. The average molecular weight is 342 g/mol. The lowest BCUT2D eigenvalue weighted by atomic mass is 10.1. The van der Waals surface area contributed by atoms with Crippen LogP contribution in [0.5, 0.6) is 5.75 Å². The molecule has 0 spiro atoms. The molecule has 4 aromatic rings. The topological polar surface area (TPSA) is 55.1 Å². The van der Waals surface area contributed by atoms with Crippen LogP contribution in [0.3, 0.4) is 0 Å². The number of benzene rings is 3. The maximum absolute atomic E-state index is 13.1. The predicted molar refractivity (Wildman–Crippen MR) is 103 cm³/mol. The van der Waals surface area contributed by atoms with Crippen molar-refractivity contribution in [3.8, 4) is 11.4 Å². The van der Waals surface area contributed by atoms with Gasteiger partial charge in [-0.05, 0) is 36.2 Å². The molecule has 1 heterocycles. The lowest BCUT2D eigenvalue weighted by molar-refractivity contribution is 0.475. The van der Waals surface area contributed by atoms with Crippen LogP contribution in [0.2, 0.25) is 0 Å². The van der Waals surface area contributed by atoms with E-state index in [1.165, 1.54) is 5.56 Å². The van der Waals surface area contributed by atoms with Gasteiger partial charge in [-0.2, -0.15) is 0 Å². The molecular formula is C22H18N2O2. The molecule has 3 aromatic carbocycles. The highest BCUT2D eigenvalue weighted by Gasteiger charge is 2.13. The molecule has 4 heteroatoms. The van der Waals surface area contributed by atoms with Crippen LogP contribution in [0.4, 0.5) is 0 Å². The van der Waals surface area contributed by atoms with E-state index in [1.807, 2.05) is 42.5 Å². The van der Waals surface area contributed by atoms with Crippen molar-refractivity contribution < 1.29 is 5.11 Å². The predicted octanol–water partition coefficient (Wildman–Crippen LogP) is 3.88. The van der Waals surface area contributed by atoms with Gasteiger partial charge in [0.25, 0.3) is 5.56 Å². The summed E-state index contributed by atoms with van der Waals surface area (Å²) in [5.74, 6) is 0.805. The molecule has 26 heavy (non-hydrogen) atoms. The average Bonchev–Trinajstić information content (AvgIpc) is 2.67. The molecule has 0 radical (unpaired) electrons. The minimum atomic E-state index is -0.121. The fourth-order valence-corrected chi connectivity index (χ4v) is 3.15. The first-order valence-electron chi connectivity index (χ1n) is 8.56. The Morgan fingerprint density at radius 3 is 2.42 bits per heavy atom. The number of phenolic OH excluding ortho intramolecular Hbond substituents is 1. The first kappa shape index (κ1) is 16.1. The summed E-state index contributed by atoms with van der Waals surface area (Å²) >= 11 is 0. The Kier molecular flexibility index (Phi) is 4.23. The Labute approximate surface area is 151 Å². The van der Waals surface area contributed by atoms with Crippen molar-refractivity contribution in [2.24, 2.45) is 0 Å². The van der Waals surface area contributed by atoms with Gasteiger partial charge in [0, 0.05) is 12.5 Å². The number of aromatic hydroxyl groups is 1. The van der Waals surface area contributed by atoms with Gasteiger partial charge in [-0.15, -0.1) is 0 Å². The fourth-order valence-electron chi connectivity index (χ4n) is 3.15. The van der Waals surface area contributed by atoms with Gasteiger partial charge < -0.3 is 5.11 Å². The molecular weight excluding hydrogens is 324 g/mol. The van der Waals surface area contributed by atoms with Crippen LogP contribution in [0, 0.1) is 0 Å². The number of hydrogen-bond acceptors (Lipinski definition) is 3. The van der Waals surface area contributed by atoms with Gasteiger partial charge in [0.05, 0.1) is 16.6 Å². The molecule has 0 unspecified atom stereocenters. The number of hydrogen-bond donors (Lipinski definition) is 1. The maximum Gasteiger partial charge on any atom is 0.265 e. The van der Waals surface area contributed by atoms with Crippen LogP contribution in [-0.4, -0.2) is 14.7 Å². The van der Waals surface area contributed by atoms with Crippen LogP contribution in [0.25, 0.3) is 16.6 Å². The summed E-state index contributed by atoms with van der Waals surface area (Å²) in [5.41, 5.74) is 2.38. The van der Waals surface area contributed by atoms with Crippen LogP contribution >= 0.6 is 0 Å². The summed E-state index contributed by atoms with van der Waals surface area (Å²) in [4.78, 5) is 17.9. The van der Waals surface area contributed by atoms with E-state index in [0.717, 1.165) is 6.42 Å². The van der Waals surface area contributed by atoms with Crippen molar-refractivity contribution in [1.82, 2.24) is 9.55 Å². The third-order valence-electron chi connectivity index (χ3n) is 4.41. The standard InChI is InChI=1S/C22H18N2O2/c25-18-10-6-9-17(15-18)24-21(14-13-16-7-2-1-3-8-16)23-20-12-5-4-11-19(20)22(24)26/h1-12,15,25H,13-14H2. The van der Waals surface area contributed by atoms with Gasteiger partial charge >= 0.3 is 0 Å². The van der Waals surface area contributed by atoms with Crippen molar-refractivity contribution in [3.63, 3.8) is 0 Å². The molecule has 0 atom stereocenters. The van der Waals surface area contributed by atoms with E-state index in [0.29, 0.717) is 28.8 Å². The second-order valence-corrected chi connectivity index (χ2v) is 6.19. The normalized spacial score (nSPS) is 10.9. The van der Waals surface area contributed by atoms with Gasteiger partial charge in [0.2, 0.25) is 0 Å². The number of fused-ring (bicyclic) bond motifs is 1. The number of para-hydroxylation sites is 1. The molecule has 0 fully saturated rings. The molecule has 4 nitrogen and oxygen atoms in total. The summed E-state index contributed by atoms with van der Waals surface area (Å²) in [6, 6.07) is 24.2. The molecule has 0 saturated heterocycles. The van der Waals surface area contributed by atoms with Crippen LogP contribution in [0.15, 0.2) is 83.7 Å². The van der Waals surface area contributed by atoms with Crippen molar-refractivity contribution in [2.45, 2.75) is 12.8 Å². The summed E-state index contributed by atoms with van der Waals surface area (Å²) in [6.07, 6.45) is 1.41. The minimum Gasteiger partial charge on any atom is -0.508 e. The SMILES string of the molecule is O=c1c2ccccc2nc(CCc2ccccc2)n1-c1cccc(O)c1.